The molecule has 2 rings (SSSR count). The van der Waals surface area contributed by atoms with E-state index in [0.717, 1.165) is 48.2 Å². The second-order valence-corrected chi connectivity index (χ2v) is 5.74. The van der Waals surface area contributed by atoms with Gasteiger partial charge in [0.1, 0.15) is 0 Å². The molecule has 0 radical (unpaired) electrons. The Labute approximate surface area is 121 Å². The van der Waals surface area contributed by atoms with Crippen LogP contribution in [0.25, 0.3) is 0 Å². The first kappa shape index (κ1) is 13.8. The van der Waals surface area contributed by atoms with Crippen LogP contribution in [0.15, 0.2) is 24.3 Å². The fraction of sp³-hybridized carbons (Fsp3) is 0.500. The minimum atomic E-state index is 0.0343. The zero-order chi connectivity index (χ0) is 12.8. The fourth-order valence-electron chi connectivity index (χ4n) is 2.17. The van der Waals surface area contributed by atoms with E-state index in [2.05, 4.69) is 27.9 Å². The third-order valence-corrected chi connectivity index (χ3v) is 4.24. The van der Waals surface area contributed by atoms with Gasteiger partial charge in [-0.05, 0) is 59.9 Å². The van der Waals surface area contributed by atoms with Crippen LogP contribution >= 0.6 is 22.6 Å². The SMILES string of the molecule is O=C(NCCC1CCOCC1)c1ccccc1I. The van der Waals surface area contributed by atoms with Crippen LogP contribution < -0.4 is 5.32 Å². The molecule has 4 heteroatoms. The standard InChI is InChI=1S/C14H18INO2/c15-13-4-2-1-3-12(13)14(17)16-8-5-11-6-9-18-10-7-11/h1-4,11H,5-10H2,(H,16,17). The fourth-order valence-corrected chi connectivity index (χ4v) is 2.80. The van der Waals surface area contributed by atoms with Crippen LogP contribution in [-0.4, -0.2) is 25.7 Å². The Morgan fingerprint density at radius 3 is 2.78 bits per heavy atom. The Kier molecular flexibility index (Phi) is 5.44. The van der Waals surface area contributed by atoms with Gasteiger partial charge in [-0.1, -0.05) is 12.1 Å². The van der Waals surface area contributed by atoms with Crippen molar-refractivity contribution in [3.63, 3.8) is 0 Å². The lowest BCUT2D eigenvalue weighted by molar-refractivity contribution is 0.0636. The lowest BCUT2D eigenvalue weighted by atomic mass is 9.97. The molecule has 18 heavy (non-hydrogen) atoms. The first-order valence-corrected chi connectivity index (χ1v) is 7.45. The largest absolute Gasteiger partial charge is 0.381 e. The zero-order valence-corrected chi connectivity index (χ0v) is 12.5. The van der Waals surface area contributed by atoms with E-state index in [1.807, 2.05) is 24.3 Å². The number of halogens is 1. The summed E-state index contributed by atoms with van der Waals surface area (Å²) < 4.78 is 6.32. The number of nitrogens with one attached hydrogen (secondary N) is 1. The molecule has 1 amide bonds. The normalized spacial score (nSPS) is 16.5. The van der Waals surface area contributed by atoms with Gasteiger partial charge in [-0.25, -0.2) is 0 Å². The first-order chi connectivity index (χ1) is 8.77. The second-order valence-electron chi connectivity index (χ2n) is 4.58. The lowest BCUT2D eigenvalue weighted by Crippen LogP contribution is -2.28. The third-order valence-electron chi connectivity index (χ3n) is 3.30. The van der Waals surface area contributed by atoms with Crippen LogP contribution in [0.3, 0.4) is 0 Å². The van der Waals surface area contributed by atoms with Gasteiger partial charge in [-0.15, -0.1) is 0 Å². The van der Waals surface area contributed by atoms with Crippen LogP contribution in [0, 0.1) is 9.49 Å². The van der Waals surface area contributed by atoms with Crippen LogP contribution in [0.1, 0.15) is 29.6 Å². The van der Waals surface area contributed by atoms with E-state index in [4.69, 9.17) is 4.74 Å². The zero-order valence-electron chi connectivity index (χ0n) is 10.3. The van der Waals surface area contributed by atoms with Gasteiger partial charge >= 0.3 is 0 Å². The molecule has 98 valence electrons. The highest BCUT2D eigenvalue weighted by atomic mass is 127. The van der Waals surface area contributed by atoms with Crippen molar-refractivity contribution in [2.24, 2.45) is 5.92 Å². The topological polar surface area (TPSA) is 38.3 Å². The van der Waals surface area contributed by atoms with Crippen molar-refractivity contribution in [1.29, 1.82) is 0 Å². The minimum absolute atomic E-state index is 0.0343. The van der Waals surface area contributed by atoms with E-state index in [-0.39, 0.29) is 5.91 Å². The summed E-state index contributed by atoms with van der Waals surface area (Å²) in [5.74, 6) is 0.737. The Bertz CT molecular complexity index is 403. The number of amides is 1. The number of hydrogen-bond acceptors (Lipinski definition) is 2. The quantitative estimate of drug-likeness (QED) is 0.840. The lowest BCUT2D eigenvalue weighted by Gasteiger charge is -2.21. The smallest absolute Gasteiger partial charge is 0.252 e. The molecule has 0 saturated carbocycles. The van der Waals surface area contributed by atoms with Crippen molar-refractivity contribution < 1.29 is 9.53 Å². The maximum atomic E-state index is 12.0. The van der Waals surface area contributed by atoms with Gasteiger partial charge in [0.05, 0.1) is 5.56 Å². The van der Waals surface area contributed by atoms with E-state index in [9.17, 15) is 4.79 Å². The molecule has 1 heterocycles. The molecular formula is C14H18INO2. The molecule has 1 fully saturated rings. The molecule has 3 nitrogen and oxygen atoms in total. The molecule has 1 aromatic rings. The van der Waals surface area contributed by atoms with Crippen molar-refractivity contribution >= 4 is 28.5 Å². The predicted molar refractivity (Wildman–Crippen MR) is 79.7 cm³/mol. The molecule has 0 aliphatic carbocycles. The molecule has 0 unspecified atom stereocenters. The average molecular weight is 359 g/mol. The summed E-state index contributed by atoms with van der Waals surface area (Å²) in [5.41, 5.74) is 0.769. The second kappa shape index (κ2) is 7.09. The Hall–Kier alpha value is -0.620. The van der Waals surface area contributed by atoms with Gasteiger partial charge in [0.15, 0.2) is 0 Å². The number of rotatable bonds is 4. The van der Waals surface area contributed by atoms with Crippen LogP contribution in [0.4, 0.5) is 0 Å². The molecule has 1 aromatic carbocycles. The molecule has 1 aliphatic rings. The summed E-state index contributed by atoms with van der Waals surface area (Å²) in [4.78, 5) is 12.0. The molecule has 0 atom stereocenters. The monoisotopic (exact) mass is 359 g/mol. The molecule has 1 saturated heterocycles. The molecule has 1 N–H and O–H groups in total. The maximum absolute atomic E-state index is 12.0. The van der Waals surface area contributed by atoms with Crippen molar-refractivity contribution in [1.82, 2.24) is 5.32 Å². The number of hydrogen-bond donors (Lipinski definition) is 1. The summed E-state index contributed by atoms with van der Waals surface area (Å²) in [7, 11) is 0. The van der Waals surface area contributed by atoms with E-state index in [1.54, 1.807) is 0 Å². The first-order valence-electron chi connectivity index (χ1n) is 6.38. The summed E-state index contributed by atoms with van der Waals surface area (Å²) in [6.45, 7) is 2.50. The highest BCUT2D eigenvalue weighted by Crippen LogP contribution is 2.17. The van der Waals surface area contributed by atoms with Gasteiger partial charge in [0.25, 0.3) is 5.91 Å². The Balaban J connectivity index is 1.76. The summed E-state index contributed by atoms with van der Waals surface area (Å²) in [6, 6.07) is 7.66. The van der Waals surface area contributed by atoms with Gasteiger partial charge < -0.3 is 10.1 Å². The van der Waals surface area contributed by atoms with Crippen molar-refractivity contribution in [3.05, 3.63) is 33.4 Å². The van der Waals surface area contributed by atoms with E-state index in [1.165, 1.54) is 0 Å². The summed E-state index contributed by atoms with van der Waals surface area (Å²) in [6.07, 6.45) is 3.30. The summed E-state index contributed by atoms with van der Waals surface area (Å²) in [5, 5.41) is 3.00. The number of benzene rings is 1. The van der Waals surface area contributed by atoms with E-state index < -0.39 is 0 Å². The minimum Gasteiger partial charge on any atom is -0.381 e. The number of ether oxygens (including phenoxy) is 1. The Morgan fingerprint density at radius 1 is 1.33 bits per heavy atom. The molecule has 0 bridgehead atoms. The van der Waals surface area contributed by atoms with E-state index in [0.29, 0.717) is 5.92 Å². The number of carbonyl (C=O) groups excluding carboxylic acids is 1. The number of carbonyl (C=O) groups is 1. The average Bonchev–Trinajstić information content (AvgIpc) is 2.40. The predicted octanol–water partition coefficient (Wildman–Crippen LogP) is 2.84. The van der Waals surface area contributed by atoms with E-state index >= 15 is 0 Å². The molecule has 1 aliphatic heterocycles. The van der Waals surface area contributed by atoms with Crippen LogP contribution in [0.5, 0.6) is 0 Å². The van der Waals surface area contributed by atoms with Crippen LogP contribution in [0.2, 0.25) is 0 Å². The van der Waals surface area contributed by atoms with Gasteiger partial charge in [0.2, 0.25) is 0 Å². The molecule has 0 spiro atoms. The van der Waals surface area contributed by atoms with Crippen molar-refractivity contribution in [2.75, 3.05) is 19.8 Å². The van der Waals surface area contributed by atoms with Gasteiger partial charge in [-0.2, -0.15) is 0 Å². The van der Waals surface area contributed by atoms with Crippen LogP contribution in [-0.2, 0) is 4.74 Å². The highest BCUT2D eigenvalue weighted by Gasteiger charge is 2.14. The summed E-state index contributed by atoms with van der Waals surface area (Å²) >= 11 is 2.19. The third kappa shape index (κ3) is 3.95. The van der Waals surface area contributed by atoms with Crippen molar-refractivity contribution in [3.8, 4) is 0 Å². The Morgan fingerprint density at radius 2 is 2.06 bits per heavy atom. The maximum Gasteiger partial charge on any atom is 0.252 e. The van der Waals surface area contributed by atoms with Crippen molar-refractivity contribution in [2.45, 2.75) is 19.3 Å². The molecular weight excluding hydrogens is 341 g/mol. The highest BCUT2D eigenvalue weighted by molar-refractivity contribution is 14.1. The van der Waals surface area contributed by atoms with Gasteiger partial charge in [0, 0.05) is 23.3 Å². The van der Waals surface area contributed by atoms with Gasteiger partial charge in [-0.3, -0.25) is 4.79 Å². The molecule has 0 aromatic heterocycles.